The molecule has 3 aromatic rings. The third-order valence-corrected chi connectivity index (χ3v) is 6.48. The van der Waals surface area contributed by atoms with E-state index < -0.39 is 26.7 Å². The predicted octanol–water partition coefficient (Wildman–Crippen LogP) is 4.93. The van der Waals surface area contributed by atoms with Gasteiger partial charge in [-0.2, -0.15) is 21.6 Å². The van der Waals surface area contributed by atoms with Crippen molar-refractivity contribution in [2.45, 2.75) is 24.3 Å². The topological polar surface area (TPSA) is 65.1 Å². The molecule has 168 valence electrons. The Balaban J connectivity index is 1.69. The fraction of sp³-hybridized carbons (Fsp3) is 0.182. The molecule has 0 saturated heterocycles. The molecule has 0 amide bonds. The van der Waals surface area contributed by atoms with Gasteiger partial charge in [0, 0.05) is 11.6 Å². The van der Waals surface area contributed by atoms with Gasteiger partial charge in [-0.3, -0.25) is 4.84 Å². The smallest absolute Gasteiger partial charge is 0.417 e. The molecule has 0 atom stereocenters. The average Bonchev–Trinajstić information content (AvgIpc) is 3.20. The van der Waals surface area contributed by atoms with E-state index in [1.54, 1.807) is 6.07 Å². The number of halogens is 3. The molecule has 10 heteroatoms. The quantitative estimate of drug-likeness (QED) is 0.516. The first-order valence-electron chi connectivity index (χ1n) is 9.44. The summed E-state index contributed by atoms with van der Waals surface area (Å²) < 4.78 is 78.0. The zero-order valence-corrected chi connectivity index (χ0v) is 17.6. The van der Waals surface area contributed by atoms with E-state index in [0.29, 0.717) is 21.8 Å². The van der Waals surface area contributed by atoms with E-state index in [1.807, 2.05) is 30.3 Å². The Morgan fingerprint density at radius 1 is 1.00 bits per heavy atom. The highest BCUT2D eigenvalue weighted by atomic mass is 32.2. The van der Waals surface area contributed by atoms with Crippen LogP contribution in [-0.2, 0) is 34.3 Å². The maximum atomic E-state index is 13.4. The molecule has 1 aliphatic rings. The third kappa shape index (κ3) is 4.11. The standard InChI is InChI=1S/C22H18F3NO5S/c1-29-19-12-18-16(11-20(19)30-13-15-7-3-2-4-8-15)14-31-26(18)32(27,28)21-10-6-5-9-17(21)22(23,24)25/h2-12H,13-14H2,1H3. The summed E-state index contributed by atoms with van der Waals surface area (Å²) in [7, 11) is -3.28. The summed E-state index contributed by atoms with van der Waals surface area (Å²) in [5.41, 5.74) is 0.138. The number of fused-ring (bicyclic) bond motifs is 1. The van der Waals surface area contributed by atoms with Crippen molar-refractivity contribution in [3.63, 3.8) is 0 Å². The van der Waals surface area contributed by atoms with Crippen molar-refractivity contribution in [3.8, 4) is 11.5 Å². The van der Waals surface area contributed by atoms with Crippen LogP contribution in [0.5, 0.6) is 11.5 Å². The molecule has 0 aromatic heterocycles. The zero-order valence-electron chi connectivity index (χ0n) is 16.8. The van der Waals surface area contributed by atoms with Gasteiger partial charge in [0.2, 0.25) is 0 Å². The first kappa shape index (κ1) is 22.0. The Morgan fingerprint density at radius 3 is 2.38 bits per heavy atom. The largest absolute Gasteiger partial charge is 0.493 e. The van der Waals surface area contributed by atoms with E-state index in [4.69, 9.17) is 14.3 Å². The second-order valence-corrected chi connectivity index (χ2v) is 8.63. The molecule has 0 aliphatic carbocycles. The van der Waals surface area contributed by atoms with Crippen LogP contribution in [0.2, 0.25) is 0 Å². The van der Waals surface area contributed by atoms with Crippen LogP contribution in [0, 0.1) is 0 Å². The van der Waals surface area contributed by atoms with Gasteiger partial charge in [-0.1, -0.05) is 42.5 Å². The molecule has 0 N–H and O–H groups in total. The summed E-state index contributed by atoms with van der Waals surface area (Å²) in [5.74, 6) is 0.572. The third-order valence-electron chi connectivity index (χ3n) is 4.82. The maximum absolute atomic E-state index is 13.4. The van der Waals surface area contributed by atoms with Crippen molar-refractivity contribution in [2.75, 3.05) is 11.6 Å². The van der Waals surface area contributed by atoms with E-state index in [-0.39, 0.29) is 24.7 Å². The lowest BCUT2D eigenvalue weighted by molar-refractivity contribution is -0.139. The summed E-state index contributed by atoms with van der Waals surface area (Å²) in [6.45, 7) is 0.0895. The maximum Gasteiger partial charge on any atom is 0.417 e. The average molecular weight is 465 g/mol. The van der Waals surface area contributed by atoms with E-state index in [9.17, 15) is 21.6 Å². The van der Waals surface area contributed by atoms with Gasteiger partial charge < -0.3 is 9.47 Å². The van der Waals surface area contributed by atoms with Crippen molar-refractivity contribution < 1.29 is 35.9 Å². The van der Waals surface area contributed by atoms with Gasteiger partial charge in [0.25, 0.3) is 10.0 Å². The molecule has 0 saturated carbocycles. The zero-order chi connectivity index (χ0) is 22.9. The van der Waals surface area contributed by atoms with E-state index in [2.05, 4.69) is 0 Å². The molecule has 1 heterocycles. The highest BCUT2D eigenvalue weighted by molar-refractivity contribution is 7.92. The summed E-state index contributed by atoms with van der Waals surface area (Å²) in [6.07, 6.45) is -4.85. The minimum atomic E-state index is -4.85. The Bertz CT molecular complexity index is 1230. The molecular weight excluding hydrogens is 447 g/mol. The molecule has 3 aromatic carbocycles. The minimum absolute atomic E-state index is 0.0610. The van der Waals surface area contributed by atoms with E-state index in [1.165, 1.54) is 19.2 Å². The lowest BCUT2D eigenvalue weighted by Gasteiger charge is -2.21. The Kier molecular flexibility index (Phi) is 5.74. The van der Waals surface area contributed by atoms with Gasteiger partial charge >= 0.3 is 6.18 Å². The Hall–Kier alpha value is -3.24. The van der Waals surface area contributed by atoms with Crippen molar-refractivity contribution in [1.82, 2.24) is 0 Å². The summed E-state index contributed by atoms with van der Waals surface area (Å²) in [4.78, 5) is 4.40. The van der Waals surface area contributed by atoms with Crippen molar-refractivity contribution in [3.05, 3.63) is 83.4 Å². The Morgan fingerprint density at radius 2 is 1.69 bits per heavy atom. The predicted molar refractivity (Wildman–Crippen MR) is 110 cm³/mol. The summed E-state index contributed by atoms with van der Waals surface area (Å²) in [6, 6.07) is 16.3. The molecule has 4 rings (SSSR count). The minimum Gasteiger partial charge on any atom is -0.493 e. The van der Waals surface area contributed by atoms with Crippen molar-refractivity contribution in [2.24, 2.45) is 0 Å². The number of nitrogens with zero attached hydrogens (tertiary/aromatic N) is 1. The van der Waals surface area contributed by atoms with Crippen LogP contribution < -0.4 is 13.9 Å². The first-order valence-corrected chi connectivity index (χ1v) is 10.9. The number of hydrogen-bond acceptors (Lipinski definition) is 5. The number of rotatable bonds is 6. The van der Waals surface area contributed by atoms with Crippen LogP contribution in [0.25, 0.3) is 0 Å². The van der Waals surface area contributed by atoms with Crippen molar-refractivity contribution in [1.29, 1.82) is 0 Å². The number of anilines is 1. The molecule has 0 spiro atoms. The number of methoxy groups -OCH3 is 1. The van der Waals surface area contributed by atoms with Gasteiger partial charge in [-0.05, 0) is 23.8 Å². The number of alkyl halides is 3. The number of benzene rings is 3. The van der Waals surface area contributed by atoms with Crippen LogP contribution in [-0.4, -0.2) is 15.5 Å². The molecule has 0 unspecified atom stereocenters. The van der Waals surface area contributed by atoms with Crippen LogP contribution >= 0.6 is 0 Å². The van der Waals surface area contributed by atoms with Crippen molar-refractivity contribution >= 4 is 15.7 Å². The van der Waals surface area contributed by atoms with Crippen LogP contribution in [0.15, 0.2) is 71.6 Å². The monoisotopic (exact) mass is 465 g/mol. The lowest BCUT2D eigenvalue weighted by atomic mass is 10.1. The van der Waals surface area contributed by atoms with Crippen LogP contribution in [0.3, 0.4) is 0 Å². The highest BCUT2D eigenvalue weighted by Gasteiger charge is 2.41. The van der Waals surface area contributed by atoms with Crippen LogP contribution in [0.1, 0.15) is 16.7 Å². The van der Waals surface area contributed by atoms with Crippen LogP contribution in [0.4, 0.5) is 18.9 Å². The molecule has 6 nitrogen and oxygen atoms in total. The molecule has 32 heavy (non-hydrogen) atoms. The lowest BCUT2D eigenvalue weighted by Crippen LogP contribution is -2.29. The molecule has 0 fully saturated rings. The second kappa shape index (κ2) is 8.36. The van der Waals surface area contributed by atoms with E-state index in [0.717, 1.165) is 17.7 Å². The van der Waals surface area contributed by atoms with Gasteiger partial charge in [0.05, 0.1) is 18.4 Å². The molecule has 1 aliphatic heterocycles. The number of ether oxygens (including phenoxy) is 2. The molecular formula is C22H18F3NO5S. The van der Waals surface area contributed by atoms with Gasteiger partial charge in [-0.15, -0.1) is 4.47 Å². The molecule has 0 radical (unpaired) electrons. The van der Waals surface area contributed by atoms with Gasteiger partial charge in [-0.25, -0.2) is 0 Å². The summed E-state index contributed by atoms with van der Waals surface area (Å²) in [5, 5.41) is 0. The fourth-order valence-electron chi connectivity index (χ4n) is 3.30. The second-order valence-electron chi connectivity index (χ2n) is 6.91. The fourth-order valence-corrected chi connectivity index (χ4v) is 4.81. The first-order chi connectivity index (χ1) is 15.2. The Labute approximate surface area is 182 Å². The normalized spacial score (nSPS) is 13.7. The van der Waals surface area contributed by atoms with Gasteiger partial charge in [0.1, 0.15) is 18.1 Å². The SMILES string of the molecule is COc1cc2c(cc1OCc1ccccc1)CON2S(=O)(=O)c1ccccc1C(F)(F)F. The molecule has 0 bridgehead atoms. The van der Waals surface area contributed by atoms with E-state index >= 15 is 0 Å². The van der Waals surface area contributed by atoms with Gasteiger partial charge in [0.15, 0.2) is 11.5 Å². The highest BCUT2D eigenvalue weighted by Crippen LogP contribution is 2.43. The summed E-state index contributed by atoms with van der Waals surface area (Å²) >= 11 is 0. The number of sulfonamides is 1. The number of hydrogen-bond donors (Lipinski definition) is 0.